The lowest BCUT2D eigenvalue weighted by molar-refractivity contribution is -0.385. The Hall–Kier alpha value is -5.78. The molecule has 4 N–H and O–H groups in total. The smallest absolute Gasteiger partial charge is 0.289 e. The molecule has 4 aromatic carbocycles. The Bertz CT molecular complexity index is 1900. The van der Waals surface area contributed by atoms with Gasteiger partial charge in [-0.3, -0.25) is 29.8 Å². The van der Waals surface area contributed by atoms with E-state index in [0.29, 0.717) is 35.8 Å². The lowest BCUT2D eigenvalue weighted by atomic mass is 9.78. The molecule has 0 unspecified atom stereocenters. The average Bonchev–Trinajstić information content (AvgIpc) is 3.07. The van der Waals surface area contributed by atoms with Crippen LogP contribution in [0, 0.1) is 20.2 Å². The van der Waals surface area contributed by atoms with E-state index in [9.17, 15) is 29.8 Å². The van der Waals surface area contributed by atoms with Gasteiger partial charge in [-0.05, 0) is 54.3 Å². The maximum atomic E-state index is 14.1. The third kappa shape index (κ3) is 6.41. The fraction of sp³-hybridized carbons (Fsp3) is 0.278. The van der Waals surface area contributed by atoms with Crippen molar-refractivity contribution in [2.75, 3.05) is 24.7 Å². The Morgan fingerprint density at radius 3 is 1.60 bits per heavy atom. The summed E-state index contributed by atoms with van der Waals surface area (Å²) in [5.74, 6) is -0.858. The van der Waals surface area contributed by atoms with Crippen molar-refractivity contribution in [3.63, 3.8) is 0 Å². The minimum Gasteiger partial charge on any atom is -0.494 e. The number of ether oxygens (including phenoxy) is 2. The molecule has 4 aromatic rings. The average molecular weight is 653 g/mol. The van der Waals surface area contributed by atoms with Gasteiger partial charge < -0.3 is 20.9 Å². The van der Waals surface area contributed by atoms with Gasteiger partial charge in [-0.2, -0.15) is 0 Å². The molecule has 1 aliphatic rings. The first-order valence-corrected chi connectivity index (χ1v) is 15.9. The highest BCUT2D eigenvalue weighted by Gasteiger charge is 2.44. The number of fused-ring (bicyclic) bond motifs is 2. The van der Waals surface area contributed by atoms with Gasteiger partial charge in [0.25, 0.3) is 11.4 Å². The van der Waals surface area contributed by atoms with Crippen molar-refractivity contribution in [3.05, 3.63) is 103 Å². The second-order valence-electron chi connectivity index (χ2n) is 11.6. The van der Waals surface area contributed by atoms with Gasteiger partial charge in [0, 0.05) is 17.3 Å². The van der Waals surface area contributed by atoms with Crippen LogP contribution in [-0.4, -0.2) is 34.6 Å². The van der Waals surface area contributed by atoms with Crippen LogP contribution < -0.4 is 20.9 Å². The van der Waals surface area contributed by atoms with Gasteiger partial charge in [-0.25, -0.2) is 0 Å². The number of carbonyl (C=O) groups excluding carboxylic acids is 2. The molecule has 12 heteroatoms. The van der Waals surface area contributed by atoms with Gasteiger partial charge >= 0.3 is 0 Å². The number of carbonyl (C=O) groups is 2. The second kappa shape index (κ2) is 14.3. The van der Waals surface area contributed by atoms with E-state index in [-0.39, 0.29) is 22.5 Å². The van der Waals surface area contributed by atoms with Gasteiger partial charge in [-0.15, -0.1) is 0 Å². The quantitative estimate of drug-likeness (QED) is 0.0515. The molecule has 5 rings (SSSR count). The summed E-state index contributed by atoms with van der Waals surface area (Å²) < 4.78 is 11.5. The molecule has 0 aromatic heterocycles. The number of benzene rings is 4. The monoisotopic (exact) mass is 652 g/mol. The predicted octanol–water partition coefficient (Wildman–Crippen LogP) is 7.91. The number of anilines is 2. The third-order valence-corrected chi connectivity index (χ3v) is 8.33. The zero-order valence-electron chi connectivity index (χ0n) is 26.7. The molecule has 0 saturated heterocycles. The number of nitrogen functional groups attached to an aromatic ring is 2. The number of rotatable bonds is 14. The van der Waals surface area contributed by atoms with Crippen LogP contribution >= 0.6 is 0 Å². The lowest BCUT2D eigenvalue weighted by Crippen LogP contribution is -2.26. The van der Waals surface area contributed by atoms with Gasteiger partial charge in [0.2, 0.25) is 5.78 Å². The van der Waals surface area contributed by atoms with E-state index in [4.69, 9.17) is 20.9 Å². The Morgan fingerprint density at radius 2 is 1.12 bits per heavy atom. The normalized spacial score (nSPS) is 12.0. The van der Waals surface area contributed by atoms with Crippen molar-refractivity contribution in [2.45, 2.75) is 52.4 Å². The third-order valence-electron chi connectivity index (χ3n) is 8.33. The van der Waals surface area contributed by atoms with Crippen molar-refractivity contribution in [3.8, 4) is 33.8 Å². The maximum absolute atomic E-state index is 14.1. The summed E-state index contributed by atoms with van der Waals surface area (Å²) >= 11 is 0. The van der Waals surface area contributed by atoms with Crippen molar-refractivity contribution in [1.29, 1.82) is 0 Å². The van der Waals surface area contributed by atoms with Gasteiger partial charge in [0.15, 0.2) is 5.78 Å². The Labute approximate surface area is 277 Å². The van der Waals surface area contributed by atoms with Crippen LogP contribution in [-0.2, 0) is 0 Å². The number of nitro benzene ring substituents is 2. The number of hydrogen-bond donors (Lipinski definition) is 2. The van der Waals surface area contributed by atoms with E-state index in [2.05, 4.69) is 13.8 Å². The molecule has 0 saturated carbocycles. The summed E-state index contributed by atoms with van der Waals surface area (Å²) in [5, 5.41) is 25.0. The molecule has 248 valence electrons. The van der Waals surface area contributed by atoms with E-state index in [1.54, 1.807) is 48.5 Å². The summed E-state index contributed by atoms with van der Waals surface area (Å²) in [4.78, 5) is 51.6. The molecule has 1 aliphatic carbocycles. The number of unbranched alkanes of at least 4 members (excludes halogenated alkanes) is 4. The van der Waals surface area contributed by atoms with Crippen LogP contribution in [0.15, 0.2) is 60.7 Å². The highest BCUT2D eigenvalue weighted by molar-refractivity contribution is 6.35. The highest BCUT2D eigenvalue weighted by atomic mass is 16.6. The largest absolute Gasteiger partial charge is 0.494 e. The van der Waals surface area contributed by atoms with Crippen molar-refractivity contribution in [2.24, 2.45) is 0 Å². The fourth-order valence-electron chi connectivity index (χ4n) is 5.90. The van der Waals surface area contributed by atoms with E-state index in [1.165, 1.54) is 6.07 Å². The van der Waals surface area contributed by atoms with Crippen LogP contribution in [0.4, 0.5) is 22.7 Å². The first-order valence-electron chi connectivity index (χ1n) is 15.9. The highest BCUT2D eigenvalue weighted by Crippen LogP contribution is 2.48. The second-order valence-corrected chi connectivity index (χ2v) is 11.6. The Morgan fingerprint density at radius 1 is 0.625 bits per heavy atom. The van der Waals surface area contributed by atoms with Gasteiger partial charge in [0.1, 0.15) is 22.6 Å². The molecule has 0 heterocycles. The number of ketones is 2. The van der Waals surface area contributed by atoms with Crippen LogP contribution in [0.1, 0.15) is 84.2 Å². The maximum Gasteiger partial charge on any atom is 0.289 e. The topological polar surface area (TPSA) is 191 Å². The summed E-state index contributed by atoms with van der Waals surface area (Å²) in [6.45, 7) is 5.22. The van der Waals surface area contributed by atoms with Crippen LogP contribution in [0.25, 0.3) is 22.3 Å². The first-order chi connectivity index (χ1) is 23.1. The number of hydrogen-bond acceptors (Lipinski definition) is 10. The van der Waals surface area contributed by atoms with Crippen molar-refractivity contribution >= 4 is 34.3 Å². The van der Waals surface area contributed by atoms with Crippen LogP contribution in [0.2, 0.25) is 0 Å². The van der Waals surface area contributed by atoms with E-state index < -0.39 is 55.0 Å². The SMILES string of the molecule is CCCCCOc1ccc(-c2cc([N+](=O)[O-])c3c(c2N)C(=O)c2c(N)cc(-c4ccc(OCCCCC)cc4)c([N+](=O)[O-])c2C3=O)cc1. The summed E-state index contributed by atoms with van der Waals surface area (Å²) in [6.07, 6.45) is 5.90. The van der Waals surface area contributed by atoms with Crippen molar-refractivity contribution < 1.29 is 28.9 Å². The number of nitrogens with two attached hydrogens (primary N) is 2. The molecular weight excluding hydrogens is 616 g/mol. The molecule has 0 aliphatic heterocycles. The lowest BCUT2D eigenvalue weighted by Gasteiger charge is -2.23. The van der Waals surface area contributed by atoms with E-state index in [0.717, 1.165) is 44.6 Å². The van der Waals surface area contributed by atoms with Gasteiger partial charge in [-0.1, -0.05) is 63.8 Å². The standard InChI is InChI=1S/C36H36N4O8/c1-3-5-7-17-47-23-13-9-21(10-14-23)25-20-28(39(43)44)30-31(33(25)38)35(41)29-27(37)19-26(34(40(45)46)32(29)36(30)42)22-11-15-24(16-12-22)48-18-8-6-4-2/h9-16,19-20H,3-8,17-18,37-38H2,1-2H3. The number of nitro groups is 2. The van der Waals surface area contributed by atoms with E-state index >= 15 is 0 Å². The molecular formula is C36H36N4O8. The molecule has 0 bridgehead atoms. The zero-order chi connectivity index (χ0) is 34.5. The minimum atomic E-state index is -1.09. The number of nitrogens with zero attached hydrogens (tertiary/aromatic N) is 2. The summed E-state index contributed by atoms with van der Waals surface area (Å²) in [7, 11) is 0. The molecule has 12 nitrogen and oxygen atoms in total. The molecule has 0 spiro atoms. The summed E-state index contributed by atoms with van der Waals surface area (Å²) in [6, 6.07) is 15.5. The minimum absolute atomic E-state index is 0.0253. The van der Waals surface area contributed by atoms with Crippen LogP contribution in [0.3, 0.4) is 0 Å². The molecule has 0 atom stereocenters. The van der Waals surface area contributed by atoms with E-state index in [1.807, 2.05) is 0 Å². The van der Waals surface area contributed by atoms with Gasteiger partial charge in [0.05, 0.1) is 45.4 Å². The predicted molar refractivity (Wildman–Crippen MR) is 183 cm³/mol. The Balaban J connectivity index is 1.60. The Kier molecular flexibility index (Phi) is 10.0. The van der Waals surface area contributed by atoms with Crippen LogP contribution in [0.5, 0.6) is 11.5 Å². The molecule has 0 amide bonds. The van der Waals surface area contributed by atoms with Crippen molar-refractivity contribution in [1.82, 2.24) is 0 Å². The first kappa shape index (κ1) is 33.6. The molecule has 0 fully saturated rings. The molecule has 48 heavy (non-hydrogen) atoms. The summed E-state index contributed by atoms with van der Waals surface area (Å²) in [5.41, 5.74) is 9.87. The fourth-order valence-corrected chi connectivity index (χ4v) is 5.90. The molecule has 0 radical (unpaired) electrons. The zero-order valence-corrected chi connectivity index (χ0v) is 26.7.